The molecule has 0 bridgehead atoms. The molecule has 0 radical (unpaired) electrons. The summed E-state index contributed by atoms with van der Waals surface area (Å²) in [7, 11) is 0. The molecule has 45 heavy (non-hydrogen) atoms. The Kier molecular flexibility index (Phi) is 5.83. The minimum absolute atomic E-state index is 0.337. The number of fused-ring (bicyclic) bond motifs is 10. The molecule has 2 aliphatic carbocycles. The summed E-state index contributed by atoms with van der Waals surface area (Å²) in [6.45, 7) is 0. The lowest BCUT2D eigenvalue weighted by Crippen LogP contribution is -2.25. The van der Waals surface area contributed by atoms with Crippen LogP contribution in [0.4, 0.5) is 0 Å². The molecule has 0 amide bonds. The SMILES string of the molecule is c1ccc(C(=C(c2ccccc2)c2ccc3c(c2)-c2ccccc2C32c3ccccc3-c3ccccc32)c2ccccc2)cc1. The Bertz CT molecular complexity index is 2150. The zero-order chi connectivity index (χ0) is 29.8. The third kappa shape index (κ3) is 3.73. The van der Waals surface area contributed by atoms with Gasteiger partial charge in [0, 0.05) is 0 Å². The second-order valence-corrected chi connectivity index (χ2v) is 12.0. The predicted octanol–water partition coefficient (Wildman–Crippen LogP) is 11.0. The monoisotopic (exact) mass is 570 g/mol. The Labute approximate surface area is 264 Å². The van der Waals surface area contributed by atoms with Crippen LogP contribution in [0.1, 0.15) is 44.5 Å². The van der Waals surface area contributed by atoms with E-state index in [-0.39, 0.29) is 5.41 Å². The third-order valence-electron chi connectivity index (χ3n) is 9.72. The first-order valence-corrected chi connectivity index (χ1v) is 15.7. The molecule has 0 unspecified atom stereocenters. The molecule has 0 aromatic heterocycles. The fraction of sp³-hybridized carbons (Fsp3) is 0.0222. The van der Waals surface area contributed by atoms with Crippen molar-refractivity contribution in [2.75, 3.05) is 0 Å². The number of rotatable bonds is 4. The van der Waals surface area contributed by atoms with Crippen LogP contribution in [0.15, 0.2) is 182 Å². The lowest BCUT2D eigenvalue weighted by molar-refractivity contribution is 0.793. The molecule has 0 saturated heterocycles. The van der Waals surface area contributed by atoms with Crippen molar-refractivity contribution in [2.24, 2.45) is 0 Å². The fourth-order valence-corrected chi connectivity index (χ4v) is 7.98. The largest absolute Gasteiger partial charge is 0.0725 e. The van der Waals surface area contributed by atoms with E-state index in [4.69, 9.17) is 0 Å². The van der Waals surface area contributed by atoms with Crippen LogP contribution in [0.5, 0.6) is 0 Å². The molecule has 0 fully saturated rings. The van der Waals surface area contributed by atoms with Crippen molar-refractivity contribution in [3.8, 4) is 22.3 Å². The molecule has 7 aromatic rings. The minimum atomic E-state index is -0.337. The fourth-order valence-electron chi connectivity index (χ4n) is 7.98. The highest BCUT2D eigenvalue weighted by molar-refractivity contribution is 6.06. The maximum atomic E-state index is 2.46. The topological polar surface area (TPSA) is 0 Å². The van der Waals surface area contributed by atoms with E-state index in [1.807, 2.05) is 0 Å². The maximum absolute atomic E-state index is 2.46. The van der Waals surface area contributed by atoms with Crippen molar-refractivity contribution >= 4 is 11.1 Å². The van der Waals surface area contributed by atoms with Gasteiger partial charge in [-0.1, -0.05) is 176 Å². The molecule has 0 aliphatic heterocycles. The van der Waals surface area contributed by atoms with Crippen LogP contribution < -0.4 is 0 Å². The lowest BCUT2D eigenvalue weighted by Gasteiger charge is -2.30. The Morgan fingerprint density at radius 3 is 1.04 bits per heavy atom. The van der Waals surface area contributed by atoms with Crippen LogP contribution in [-0.2, 0) is 5.41 Å². The van der Waals surface area contributed by atoms with Gasteiger partial charge in [0.1, 0.15) is 0 Å². The normalized spacial score (nSPS) is 13.1. The van der Waals surface area contributed by atoms with Crippen LogP contribution in [0.25, 0.3) is 33.4 Å². The van der Waals surface area contributed by atoms with Gasteiger partial charge in [-0.2, -0.15) is 0 Å². The van der Waals surface area contributed by atoms with E-state index in [0.29, 0.717) is 0 Å². The lowest BCUT2D eigenvalue weighted by atomic mass is 9.70. The van der Waals surface area contributed by atoms with Crippen molar-refractivity contribution in [1.29, 1.82) is 0 Å². The highest BCUT2D eigenvalue weighted by atomic mass is 14.5. The predicted molar refractivity (Wildman–Crippen MR) is 187 cm³/mol. The van der Waals surface area contributed by atoms with Gasteiger partial charge in [0.15, 0.2) is 0 Å². The standard InChI is InChI=1S/C45H30/c1-4-16-31(17-5-1)43(32-18-6-2-7-19-32)44(33-20-8-3-9-21-33)34-28-29-42-38(30-34)37-24-12-15-27-41(37)45(42)39-25-13-10-22-35(39)36-23-11-14-26-40(36)45/h1-30H. The Balaban J connectivity index is 1.38. The summed E-state index contributed by atoms with van der Waals surface area (Å²) in [6.07, 6.45) is 0. The second kappa shape index (κ2) is 10.2. The molecule has 0 atom stereocenters. The van der Waals surface area contributed by atoms with Gasteiger partial charge in [-0.15, -0.1) is 0 Å². The van der Waals surface area contributed by atoms with Crippen molar-refractivity contribution in [3.63, 3.8) is 0 Å². The molecule has 0 heterocycles. The van der Waals surface area contributed by atoms with Gasteiger partial charge in [0.25, 0.3) is 0 Å². The summed E-state index contributed by atoms with van der Waals surface area (Å²) in [5.41, 5.74) is 17.7. The number of hydrogen-bond donors (Lipinski definition) is 0. The molecular formula is C45H30. The molecular weight excluding hydrogens is 540 g/mol. The molecule has 9 rings (SSSR count). The average molecular weight is 571 g/mol. The molecule has 0 saturated carbocycles. The van der Waals surface area contributed by atoms with Gasteiger partial charge < -0.3 is 0 Å². The number of benzene rings is 7. The second-order valence-electron chi connectivity index (χ2n) is 12.0. The molecule has 1 spiro atoms. The van der Waals surface area contributed by atoms with E-state index in [9.17, 15) is 0 Å². The van der Waals surface area contributed by atoms with Crippen LogP contribution >= 0.6 is 0 Å². The average Bonchev–Trinajstić information content (AvgIpc) is 3.59. The van der Waals surface area contributed by atoms with Crippen molar-refractivity contribution in [1.82, 2.24) is 0 Å². The van der Waals surface area contributed by atoms with Crippen LogP contribution in [-0.4, -0.2) is 0 Å². The van der Waals surface area contributed by atoms with Crippen molar-refractivity contribution < 1.29 is 0 Å². The Hall–Kier alpha value is -5.72. The summed E-state index contributed by atoms with van der Waals surface area (Å²) in [5.74, 6) is 0. The Morgan fingerprint density at radius 2 is 0.600 bits per heavy atom. The van der Waals surface area contributed by atoms with Crippen molar-refractivity contribution in [2.45, 2.75) is 5.41 Å². The summed E-state index contributed by atoms with van der Waals surface area (Å²) in [6, 6.07) is 66.8. The van der Waals surface area contributed by atoms with Gasteiger partial charge in [-0.3, -0.25) is 0 Å². The third-order valence-corrected chi connectivity index (χ3v) is 9.72. The van der Waals surface area contributed by atoms with Gasteiger partial charge in [0.2, 0.25) is 0 Å². The summed E-state index contributed by atoms with van der Waals surface area (Å²) in [5, 5.41) is 0. The van der Waals surface area contributed by atoms with E-state index >= 15 is 0 Å². The van der Waals surface area contributed by atoms with Gasteiger partial charge in [-0.05, 0) is 84.0 Å². The van der Waals surface area contributed by atoms with E-state index in [2.05, 4.69) is 182 Å². The summed E-state index contributed by atoms with van der Waals surface area (Å²) in [4.78, 5) is 0. The quantitative estimate of drug-likeness (QED) is 0.185. The van der Waals surface area contributed by atoms with E-state index in [1.165, 1.54) is 77.9 Å². The maximum Gasteiger partial charge on any atom is 0.0725 e. The minimum Gasteiger partial charge on any atom is -0.0622 e. The smallest absolute Gasteiger partial charge is 0.0622 e. The zero-order valence-corrected chi connectivity index (χ0v) is 24.8. The Morgan fingerprint density at radius 1 is 0.267 bits per heavy atom. The number of hydrogen-bond acceptors (Lipinski definition) is 0. The molecule has 0 N–H and O–H groups in total. The summed E-state index contributed by atoms with van der Waals surface area (Å²) >= 11 is 0. The van der Waals surface area contributed by atoms with E-state index < -0.39 is 0 Å². The molecule has 7 aromatic carbocycles. The summed E-state index contributed by atoms with van der Waals surface area (Å²) < 4.78 is 0. The van der Waals surface area contributed by atoms with Crippen LogP contribution in [0, 0.1) is 0 Å². The zero-order valence-electron chi connectivity index (χ0n) is 24.8. The highest BCUT2D eigenvalue weighted by Gasteiger charge is 2.51. The van der Waals surface area contributed by atoms with Gasteiger partial charge in [0.05, 0.1) is 5.41 Å². The van der Waals surface area contributed by atoms with Crippen molar-refractivity contribution in [3.05, 3.63) is 226 Å². The van der Waals surface area contributed by atoms with E-state index in [0.717, 1.165) is 0 Å². The first-order valence-electron chi connectivity index (χ1n) is 15.7. The molecule has 0 nitrogen and oxygen atoms in total. The first-order chi connectivity index (χ1) is 22.4. The molecule has 210 valence electrons. The van der Waals surface area contributed by atoms with Gasteiger partial charge >= 0.3 is 0 Å². The van der Waals surface area contributed by atoms with Crippen LogP contribution in [0.2, 0.25) is 0 Å². The van der Waals surface area contributed by atoms with Crippen LogP contribution in [0.3, 0.4) is 0 Å². The highest BCUT2D eigenvalue weighted by Crippen LogP contribution is 2.63. The van der Waals surface area contributed by atoms with E-state index in [1.54, 1.807) is 0 Å². The molecule has 0 heteroatoms. The molecule has 2 aliphatic rings. The first kappa shape index (κ1) is 25.7. The van der Waals surface area contributed by atoms with Gasteiger partial charge in [-0.25, -0.2) is 0 Å².